The summed E-state index contributed by atoms with van der Waals surface area (Å²) in [4.78, 5) is 21.6. The second-order valence-electron chi connectivity index (χ2n) is 8.05. The Hall–Kier alpha value is -0.930. The molecule has 1 amide bonds. The lowest BCUT2D eigenvalue weighted by Crippen LogP contribution is -2.57. The van der Waals surface area contributed by atoms with E-state index in [9.17, 15) is 4.79 Å². The minimum atomic E-state index is -0.371. The van der Waals surface area contributed by atoms with Gasteiger partial charge in [0.15, 0.2) is 5.82 Å². The molecule has 0 bridgehead atoms. The largest absolute Gasteiger partial charge is 0.371 e. The quantitative estimate of drug-likeness (QED) is 0.709. The summed E-state index contributed by atoms with van der Waals surface area (Å²) in [5, 5.41) is 4.00. The Labute approximate surface area is 185 Å². The fraction of sp³-hybridized carbons (Fsp3) is 0.842. The van der Waals surface area contributed by atoms with E-state index in [2.05, 4.69) is 15.0 Å². The molecule has 3 unspecified atom stereocenters. The number of hydrogen-bond donors (Lipinski definition) is 1. The fourth-order valence-electron chi connectivity index (χ4n) is 4.12. The van der Waals surface area contributed by atoms with Crippen LogP contribution in [0.25, 0.3) is 0 Å². The van der Waals surface area contributed by atoms with Crippen molar-refractivity contribution in [2.75, 3.05) is 32.8 Å². The maximum absolute atomic E-state index is 12.9. The first-order valence-electron chi connectivity index (χ1n) is 10.1. The summed E-state index contributed by atoms with van der Waals surface area (Å²) in [7, 11) is 0. The lowest BCUT2D eigenvalue weighted by Gasteiger charge is -2.42. The molecule has 8 nitrogen and oxygen atoms in total. The van der Waals surface area contributed by atoms with Crippen LogP contribution in [0.3, 0.4) is 0 Å². The lowest BCUT2D eigenvalue weighted by atomic mass is 9.74. The van der Waals surface area contributed by atoms with E-state index >= 15 is 0 Å². The predicted molar refractivity (Wildman–Crippen MR) is 115 cm³/mol. The molecule has 1 aliphatic carbocycles. The van der Waals surface area contributed by atoms with Crippen molar-refractivity contribution in [3.8, 4) is 0 Å². The first-order valence-corrected chi connectivity index (χ1v) is 10.1. The summed E-state index contributed by atoms with van der Waals surface area (Å²) in [6.45, 7) is 10.2. The zero-order valence-electron chi connectivity index (χ0n) is 17.6. The van der Waals surface area contributed by atoms with Gasteiger partial charge in [0.2, 0.25) is 11.8 Å². The van der Waals surface area contributed by atoms with Gasteiger partial charge in [-0.25, -0.2) is 0 Å². The smallest absolute Gasteiger partial charge is 0.240 e. The fourth-order valence-corrected chi connectivity index (χ4v) is 4.12. The average molecular weight is 452 g/mol. The van der Waals surface area contributed by atoms with Gasteiger partial charge in [0.25, 0.3) is 0 Å². The molecule has 1 saturated heterocycles. The number of carbonyl (C=O) groups excluding carboxylic acids is 1. The minimum Gasteiger partial charge on any atom is -0.371 e. The molecule has 1 aliphatic heterocycles. The number of amides is 1. The van der Waals surface area contributed by atoms with Crippen LogP contribution in [-0.4, -0.2) is 64.2 Å². The molecule has 3 atom stereocenters. The van der Waals surface area contributed by atoms with Crippen LogP contribution in [0.1, 0.15) is 64.3 Å². The van der Waals surface area contributed by atoms with Crippen molar-refractivity contribution in [2.45, 2.75) is 64.6 Å². The molecule has 10 heteroatoms. The van der Waals surface area contributed by atoms with Crippen molar-refractivity contribution in [1.82, 2.24) is 19.9 Å². The molecule has 1 aromatic rings. The number of hydrogen-bond acceptors (Lipinski definition) is 7. The maximum atomic E-state index is 12.9. The van der Waals surface area contributed by atoms with Gasteiger partial charge in [0.05, 0.1) is 12.5 Å². The van der Waals surface area contributed by atoms with E-state index in [4.69, 9.17) is 15.0 Å². The van der Waals surface area contributed by atoms with Crippen molar-refractivity contribution >= 4 is 30.7 Å². The highest BCUT2D eigenvalue weighted by Crippen LogP contribution is 2.33. The van der Waals surface area contributed by atoms with Crippen LogP contribution >= 0.6 is 24.8 Å². The third-order valence-electron chi connectivity index (χ3n) is 5.86. The van der Waals surface area contributed by atoms with Gasteiger partial charge >= 0.3 is 0 Å². The highest BCUT2D eigenvalue weighted by molar-refractivity contribution is 5.85. The molecule has 2 heterocycles. The second-order valence-corrected chi connectivity index (χ2v) is 8.05. The Morgan fingerprint density at radius 1 is 1.31 bits per heavy atom. The molecule has 0 radical (unpaired) electrons. The average Bonchev–Trinajstić information content (AvgIpc) is 3.10. The number of rotatable bonds is 6. The van der Waals surface area contributed by atoms with Gasteiger partial charge in [-0.15, -0.1) is 24.8 Å². The van der Waals surface area contributed by atoms with E-state index in [0.717, 1.165) is 51.9 Å². The third-order valence-corrected chi connectivity index (χ3v) is 5.86. The number of ether oxygens (including phenoxy) is 1. The van der Waals surface area contributed by atoms with E-state index in [-0.39, 0.29) is 48.3 Å². The van der Waals surface area contributed by atoms with Gasteiger partial charge in [-0.05, 0) is 33.6 Å². The Balaban J connectivity index is 0.00000210. The molecule has 2 aliphatic rings. The van der Waals surface area contributed by atoms with Crippen LogP contribution in [0.4, 0.5) is 0 Å². The molecule has 3 rings (SSSR count). The monoisotopic (exact) mass is 451 g/mol. The highest BCUT2D eigenvalue weighted by Gasteiger charge is 2.40. The number of piperazine rings is 1. The van der Waals surface area contributed by atoms with Crippen molar-refractivity contribution in [3.63, 3.8) is 0 Å². The molecule has 0 spiro atoms. The summed E-state index contributed by atoms with van der Waals surface area (Å²) >= 11 is 0. The summed E-state index contributed by atoms with van der Waals surface area (Å²) in [6, 6.07) is 0. The van der Waals surface area contributed by atoms with Crippen LogP contribution in [0.15, 0.2) is 4.52 Å². The Kier molecular flexibility index (Phi) is 10.3. The normalized spacial score (nSPS) is 26.3. The molecular weight excluding hydrogens is 417 g/mol. The standard InChI is InChI=1S/C19H33N5O3.2ClH/c1-4-26-14(2)17-21-16(27-22-17)13-23-9-11-24(12-10-23)18(25)15-7-5-6-8-19(15,3)20;;/h14-15H,4-13,20H2,1-3H3;2*1H. The number of nitrogens with zero attached hydrogens (tertiary/aromatic N) is 4. The van der Waals surface area contributed by atoms with Gasteiger partial charge < -0.3 is 19.9 Å². The summed E-state index contributed by atoms with van der Waals surface area (Å²) in [5.41, 5.74) is 6.04. The molecule has 2 fully saturated rings. The van der Waals surface area contributed by atoms with E-state index in [1.54, 1.807) is 0 Å². The SMILES string of the molecule is CCOC(C)c1noc(CN2CCN(C(=O)C3CCCCC3(C)N)CC2)n1.Cl.Cl. The molecule has 1 aromatic heterocycles. The Morgan fingerprint density at radius 2 is 2.00 bits per heavy atom. The lowest BCUT2D eigenvalue weighted by molar-refractivity contribution is -0.140. The topological polar surface area (TPSA) is 97.7 Å². The second kappa shape index (κ2) is 11.5. The number of aromatic nitrogens is 2. The van der Waals surface area contributed by atoms with Gasteiger partial charge in [-0.2, -0.15) is 4.98 Å². The molecule has 2 N–H and O–H groups in total. The number of nitrogens with two attached hydrogens (primary N) is 1. The third kappa shape index (κ3) is 6.52. The first-order chi connectivity index (χ1) is 12.9. The van der Waals surface area contributed by atoms with Crippen LogP contribution in [0, 0.1) is 5.92 Å². The van der Waals surface area contributed by atoms with E-state index in [1.807, 2.05) is 25.7 Å². The zero-order chi connectivity index (χ0) is 19.4. The molecule has 1 saturated carbocycles. The van der Waals surface area contributed by atoms with Crippen molar-refractivity contribution in [1.29, 1.82) is 0 Å². The van der Waals surface area contributed by atoms with Crippen molar-refractivity contribution in [3.05, 3.63) is 11.7 Å². The molecule has 0 aromatic carbocycles. The van der Waals surface area contributed by atoms with Crippen molar-refractivity contribution in [2.24, 2.45) is 11.7 Å². The van der Waals surface area contributed by atoms with Crippen LogP contribution in [-0.2, 0) is 16.1 Å². The highest BCUT2D eigenvalue weighted by atomic mass is 35.5. The predicted octanol–water partition coefficient (Wildman–Crippen LogP) is 2.56. The van der Waals surface area contributed by atoms with E-state index < -0.39 is 0 Å². The van der Waals surface area contributed by atoms with Crippen LogP contribution < -0.4 is 5.73 Å². The molecular formula is C19H35Cl2N5O3. The van der Waals surface area contributed by atoms with E-state index in [0.29, 0.717) is 24.9 Å². The van der Waals surface area contributed by atoms with Gasteiger partial charge in [0.1, 0.15) is 6.10 Å². The summed E-state index contributed by atoms with van der Waals surface area (Å²) in [6.07, 6.45) is 3.90. The summed E-state index contributed by atoms with van der Waals surface area (Å²) < 4.78 is 10.8. The molecule has 29 heavy (non-hydrogen) atoms. The van der Waals surface area contributed by atoms with Gasteiger partial charge in [-0.3, -0.25) is 9.69 Å². The number of carbonyl (C=O) groups is 1. The summed E-state index contributed by atoms with van der Waals surface area (Å²) in [5.74, 6) is 1.36. The maximum Gasteiger partial charge on any atom is 0.240 e. The van der Waals surface area contributed by atoms with E-state index in [1.165, 1.54) is 0 Å². The van der Waals surface area contributed by atoms with Crippen LogP contribution in [0.5, 0.6) is 0 Å². The van der Waals surface area contributed by atoms with Crippen molar-refractivity contribution < 1.29 is 14.1 Å². The zero-order valence-corrected chi connectivity index (χ0v) is 19.3. The van der Waals surface area contributed by atoms with Crippen LogP contribution in [0.2, 0.25) is 0 Å². The van der Waals surface area contributed by atoms with Gasteiger partial charge in [-0.1, -0.05) is 18.0 Å². The Bertz CT molecular complexity index is 635. The number of halogens is 2. The van der Waals surface area contributed by atoms with Gasteiger partial charge in [0, 0.05) is 38.3 Å². The minimum absolute atomic E-state index is 0. The Morgan fingerprint density at radius 3 is 2.62 bits per heavy atom. The molecule has 168 valence electrons. The first kappa shape index (κ1) is 26.1.